The fourth-order valence-electron chi connectivity index (χ4n) is 3.18. The average molecular weight is 482 g/mol. The molecule has 168 valence electrons. The van der Waals surface area contributed by atoms with Crippen molar-refractivity contribution in [3.63, 3.8) is 0 Å². The van der Waals surface area contributed by atoms with Crippen LogP contribution in [0.5, 0.6) is 11.5 Å². The second-order valence-electron chi connectivity index (χ2n) is 7.19. The molecule has 7 nitrogen and oxygen atoms in total. The van der Waals surface area contributed by atoms with E-state index in [1.54, 1.807) is 36.4 Å². The Labute approximate surface area is 200 Å². The van der Waals surface area contributed by atoms with Crippen LogP contribution in [0.25, 0.3) is 22.6 Å². The fraction of sp³-hybridized carbons (Fsp3) is 0.125. The van der Waals surface area contributed by atoms with Crippen molar-refractivity contribution in [3.8, 4) is 23.0 Å². The molecule has 4 aromatic rings. The number of carbonyl (C=O) groups excluding carboxylic acids is 1. The maximum atomic E-state index is 12.7. The molecule has 4 rings (SSSR count). The Bertz CT molecular complexity index is 1350. The van der Waals surface area contributed by atoms with Crippen LogP contribution < -0.4 is 20.1 Å². The van der Waals surface area contributed by atoms with Crippen LogP contribution in [0.4, 0.5) is 5.69 Å². The molecule has 0 radical (unpaired) electrons. The van der Waals surface area contributed by atoms with Gasteiger partial charge >= 0.3 is 0 Å². The van der Waals surface area contributed by atoms with Crippen LogP contribution in [0, 0.1) is 6.92 Å². The Balaban J connectivity index is 1.52. The Kier molecular flexibility index (Phi) is 6.48. The van der Waals surface area contributed by atoms with E-state index in [0.717, 1.165) is 11.1 Å². The van der Waals surface area contributed by atoms with Gasteiger partial charge in [-0.1, -0.05) is 17.7 Å². The van der Waals surface area contributed by atoms with Gasteiger partial charge < -0.3 is 19.2 Å². The number of aromatic nitrogens is 1. The van der Waals surface area contributed by atoms with Gasteiger partial charge in [0.15, 0.2) is 10.7 Å². The van der Waals surface area contributed by atoms with Gasteiger partial charge in [-0.2, -0.15) is 0 Å². The van der Waals surface area contributed by atoms with E-state index in [2.05, 4.69) is 15.6 Å². The van der Waals surface area contributed by atoms with Crippen LogP contribution in [0.15, 0.2) is 59.0 Å². The molecule has 0 fully saturated rings. The number of aryl methyl sites for hydroxylation is 1. The van der Waals surface area contributed by atoms with Crippen LogP contribution in [0.3, 0.4) is 0 Å². The number of ether oxygens (including phenoxy) is 2. The minimum atomic E-state index is -0.425. The summed E-state index contributed by atoms with van der Waals surface area (Å²) in [5.74, 6) is 1.00. The Morgan fingerprint density at radius 3 is 2.45 bits per heavy atom. The maximum Gasteiger partial charge on any atom is 0.257 e. The quantitative estimate of drug-likeness (QED) is 0.359. The number of methoxy groups -OCH3 is 2. The average Bonchev–Trinajstić information content (AvgIpc) is 3.23. The number of rotatable bonds is 5. The molecule has 0 unspecified atom stereocenters. The molecule has 2 N–H and O–H groups in total. The topological polar surface area (TPSA) is 85.6 Å². The SMILES string of the molecule is COc1cc(OC)cc(C(=O)NC(=S)Nc2cc(-c3nc4cc(C)ccc4o3)ccc2Cl)c1. The van der Waals surface area contributed by atoms with E-state index in [-0.39, 0.29) is 5.11 Å². The van der Waals surface area contributed by atoms with E-state index in [1.165, 1.54) is 14.2 Å². The second-order valence-corrected chi connectivity index (χ2v) is 8.01. The molecular weight excluding hydrogens is 462 g/mol. The summed E-state index contributed by atoms with van der Waals surface area (Å²) in [5, 5.41) is 6.09. The fourth-order valence-corrected chi connectivity index (χ4v) is 3.55. The zero-order valence-corrected chi connectivity index (χ0v) is 19.6. The first-order chi connectivity index (χ1) is 15.9. The zero-order valence-electron chi connectivity index (χ0n) is 18.1. The number of anilines is 1. The summed E-state index contributed by atoms with van der Waals surface area (Å²) in [4.78, 5) is 17.2. The molecule has 0 aliphatic carbocycles. The number of hydrogen-bond donors (Lipinski definition) is 2. The molecule has 0 saturated carbocycles. The molecule has 0 spiro atoms. The number of fused-ring (bicyclic) bond motifs is 1. The molecule has 0 atom stereocenters. The number of carbonyl (C=O) groups is 1. The van der Waals surface area contributed by atoms with Crippen LogP contribution in [0.1, 0.15) is 15.9 Å². The number of thiocarbonyl (C=S) groups is 1. The van der Waals surface area contributed by atoms with Crippen molar-refractivity contribution in [2.45, 2.75) is 6.92 Å². The number of amides is 1. The monoisotopic (exact) mass is 481 g/mol. The number of halogens is 1. The predicted molar refractivity (Wildman–Crippen MR) is 132 cm³/mol. The number of oxazole rings is 1. The smallest absolute Gasteiger partial charge is 0.257 e. The molecule has 0 bridgehead atoms. The number of hydrogen-bond acceptors (Lipinski definition) is 6. The van der Waals surface area contributed by atoms with Crippen molar-refractivity contribution in [2.75, 3.05) is 19.5 Å². The van der Waals surface area contributed by atoms with Crippen molar-refractivity contribution < 1.29 is 18.7 Å². The van der Waals surface area contributed by atoms with Crippen molar-refractivity contribution in [1.29, 1.82) is 0 Å². The van der Waals surface area contributed by atoms with Gasteiger partial charge in [0.2, 0.25) is 5.89 Å². The van der Waals surface area contributed by atoms with Gasteiger partial charge in [-0.25, -0.2) is 4.98 Å². The van der Waals surface area contributed by atoms with Gasteiger partial charge in [-0.05, 0) is 67.2 Å². The first kappa shape index (κ1) is 22.6. The molecule has 0 saturated heterocycles. The van der Waals surface area contributed by atoms with Crippen LogP contribution in [-0.4, -0.2) is 30.2 Å². The van der Waals surface area contributed by atoms with E-state index >= 15 is 0 Å². The van der Waals surface area contributed by atoms with Crippen molar-refractivity contribution in [1.82, 2.24) is 10.3 Å². The standard InChI is InChI=1S/C24H20ClN3O4S/c1-13-4-7-21-20(8-13)26-23(32-21)14-5-6-18(25)19(11-14)27-24(33)28-22(29)15-9-16(30-2)12-17(10-15)31-3/h4-12H,1-3H3,(H2,27,28,29,33). The highest BCUT2D eigenvalue weighted by atomic mass is 35.5. The Hall–Kier alpha value is -3.62. The summed E-state index contributed by atoms with van der Waals surface area (Å²) >= 11 is 11.7. The molecule has 3 aromatic carbocycles. The van der Waals surface area contributed by atoms with Gasteiger partial charge in [0.25, 0.3) is 5.91 Å². The number of benzene rings is 3. The summed E-state index contributed by atoms with van der Waals surface area (Å²) in [7, 11) is 3.02. The minimum absolute atomic E-state index is 0.0778. The Morgan fingerprint density at radius 1 is 1.03 bits per heavy atom. The lowest BCUT2D eigenvalue weighted by atomic mass is 10.2. The van der Waals surface area contributed by atoms with Gasteiger partial charge in [-0.3, -0.25) is 10.1 Å². The summed E-state index contributed by atoms with van der Waals surface area (Å²) < 4.78 is 16.3. The number of nitrogens with zero attached hydrogens (tertiary/aromatic N) is 1. The molecule has 1 heterocycles. The lowest BCUT2D eigenvalue weighted by Crippen LogP contribution is -2.34. The van der Waals surface area contributed by atoms with Gasteiger partial charge in [0.05, 0.1) is 24.9 Å². The third-order valence-corrected chi connectivity index (χ3v) is 5.38. The second kappa shape index (κ2) is 9.48. The molecule has 1 aromatic heterocycles. The zero-order chi connectivity index (χ0) is 23.5. The lowest BCUT2D eigenvalue weighted by molar-refractivity contribution is 0.0977. The first-order valence-corrected chi connectivity index (χ1v) is 10.7. The van der Waals surface area contributed by atoms with E-state index in [0.29, 0.717) is 44.8 Å². The Morgan fingerprint density at radius 2 is 1.76 bits per heavy atom. The van der Waals surface area contributed by atoms with Gasteiger partial charge in [0, 0.05) is 17.2 Å². The third-order valence-electron chi connectivity index (χ3n) is 4.85. The maximum absolute atomic E-state index is 12.7. The van der Waals surface area contributed by atoms with E-state index in [4.69, 9.17) is 37.7 Å². The largest absolute Gasteiger partial charge is 0.497 e. The molecular formula is C24H20ClN3O4S. The summed E-state index contributed by atoms with van der Waals surface area (Å²) in [5.41, 5.74) is 4.10. The summed E-state index contributed by atoms with van der Waals surface area (Å²) in [6.45, 7) is 1.99. The third kappa shape index (κ3) is 5.08. The highest BCUT2D eigenvalue weighted by molar-refractivity contribution is 7.80. The van der Waals surface area contributed by atoms with Crippen LogP contribution in [-0.2, 0) is 0 Å². The summed E-state index contributed by atoms with van der Waals surface area (Å²) in [6.07, 6.45) is 0. The van der Waals surface area contributed by atoms with Crippen molar-refractivity contribution in [2.24, 2.45) is 0 Å². The van der Waals surface area contributed by atoms with Crippen LogP contribution in [0.2, 0.25) is 5.02 Å². The van der Waals surface area contributed by atoms with E-state index in [9.17, 15) is 4.79 Å². The predicted octanol–water partition coefficient (Wildman–Crippen LogP) is 5.60. The molecule has 0 aliphatic heterocycles. The molecule has 1 amide bonds. The molecule has 9 heteroatoms. The van der Waals surface area contributed by atoms with Crippen molar-refractivity contribution >= 4 is 51.6 Å². The number of nitrogens with one attached hydrogen (secondary N) is 2. The van der Waals surface area contributed by atoms with E-state index < -0.39 is 5.91 Å². The van der Waals surface area contributed by atoms with Crippen molar-refractivity contribution in [3.05, 3.63) is 70.7 Å². The summed E-state index contributed by atoms with van der Waals surface area (Å²) in [6, 6.07) is 15.9. The lowest BCUT2D eigenvalue weighted by Gasteiger charge is -2.13. The first-order valence-electron chi connectivity index (χ1n) is 9.89. The van der Waals surface area contributed by atoms with Gasteiger partial charge in [-0.15, -0.1) is 0 Å². The van der Waals surface area contributed by atoms with E-state index in [1.807, 2.05) is 25.1 Å². The van der Waals surface area contributed by atoms with Crippen LogP contribution >= 0.6 is 23.8 Å². The molecule has 0 aliphatic rings. The normalized spacial score (nSPS) is 10.7. The molecule has 33 heavy (non-hydrogen) atoms. The highest BCUT2D eigenvalue weighted by Crippen LogP contribution is 2.31. The van der Waals surface area contributed by atoms with Gasteiger partial charge in [0.1, 0.15) is 17.0 Å². The minimum Gasteiger partial charge on any atom is -0.497 e. The highest BCUT2D eigenvalue weighted by Gasteiger charge is 2.14.